The monoisotopic (exact) mass is 449 g/mol. The molecule has 0 saturated carbocycles. The van der Waals surface area contributed by atoms with Gasteiger partial charge in [0.05, 0.1) is 25.2 Å². The summed E-state index contributed by atoms with van der Waals surface area (Å²) in [7, 11) is -3.68. The third-order valence-corrected chi connectivity index (χ3v) is 4.97. The number of rotatable bonds is 11. The molecule has 0 heterocycles. The predicted molar refractivity (Wildman–Crippen MR) is 115 cm³/mol. The molecule has 9 heteroatoms. The van der Waals surface area contributed by atoms with Crippen molar-refractivity contribution in [3.05, 3.63) is 65.7 Å². The second kappa shape index (κ2) is 11.5. The average molecular weight is 450 g/mol. The van der Waals surface area contributed by atoms with Crippen LogP contribution < -0.4 is 9.92 Å². The van der Waals surface area contributed by atoms with E-state index in [0.717, 1.165) is 11.8 Å². The van der Waals surface area contributed by atoms with Crippen molar-refractivity contribution in [1.82, 2.24) is 0 Å². The Balaban J connectivity index is 2.27. The van der Waals surface area contributed by atoms with Crippen LogP contribution in [0.15, 0.2) is 54.6 Å². The molecule has 168 valence electrons. The van der Waals surface area contributed by atoms with Crippen molar-refractivity contribution in [3.63, 3.8) is 0 Å². The van der Waals surface area contributed by atoms with Crippen molar-refractivity contribution in [2.24, 2.45) is 11.7 Å². The molecule has 0 aromatic heterocycles. The van der Waals surface area contributed by atoms with Crippen LogP contribution in [0, 0.1) is 5.92 Å². The topological polar surface area (TPSA) is 122 Å². The zero-order chi connectivity index (χ0) is 22.9. The highest BCUT2D eigenvalue weighted by Gasteiger charge is 2.32. The highest BCUT2D eigenvalue weighted by atomic mass is 32.2. The van der Waals surface area contributed by atoms with Gasteiger partial charge >= 0.3 is 22.1 Å². The lowest BCUT2D eigenvalue weighted by Gasteiger charge is -2.24. The number of ether oxygens (including phenoxy) is 2. The van der Waals surface area contributed by atoms with Gasteiger partial charge in [0, 0.05) is 0 Å². The van der Waals surface area contributed by atoms with Gasteiger partial charge in [0.2, 0.25) is 0 Å². The Morgan fingerprint density at radius 2 is 1.65 bits per heavy atom. The maximum atomic E-state index is 13.0. The van der Waals surface area contributed by atoms with Gasteiger partial charge in [-0.15, -0.1) is 0 Å². The van der Waals surface area contributed by atoms with E-state index in [1.165, 1.54) is 12.1 Å². The van der Waals surface area contributed by atoms with Crippen LogP contribution in [0.1, 0.15) is 30.4 Å². The largest absolute Gasteiger partial charge is 0.466 e. The Morgan fingerprint density at radius 3 is 2.19 bits per heavy atom. The molecule has 2 atom stereocenters. The summed E-state index contributed by atoms with van der Waals surface area (Å²) < 4.78 is 38.0. The van der Waals surface area contributed by atoms with E-state index in [4.69, 9.17) is 19.4 Å². The Bertz CT molecular complexity index is 959. The fourth-order valence-corrected chi connectivity index (χ4v) is 3.56. The molecule has 0 amide bonds. The molecule has 2 N–H and O–H groups in total. The standard InChI is InChI=1S/C22H27NO7S/c1-3-28-20(24)13-18(14-23)21(22(25)29-15-16-7-5-4-6-8-16)17-9-11-19(12-10-17)30-31(2,26)27/h4-12,18,21H,3,13-15,23H2,1-2H3. The number of hydrogen-bond acceptors (Lipinski definition) is 8. The molecule has 2 unspecified atom stereocenters. The van der Waals surface area contributed by atoms with Crippen molar-refractivity contribution in [2.45, 2.75) is 25.9 Å². The Morgan fingerprint density at radius 1 is 1.00 bits per heavy atom. The minimum atomic E-state index is -3.68. The van der Waals surface area contributed by atoms with Gasteiger partial charge in [-0.25, -0.2) is 0 Å². The molecule has 0 spiro atoms. The minimum absolute atomic E-state index is 0.0471. The van der Waals surface area contributed by atoms with E-state index < -0.39 is 33.9 Å². The number of carbonyl (C=O) groups excluding carboxylic acids is 2. The Kier molecular flexibility index (Phi) is 9.02. The second-order valence-corrected chi connectivity index (χ2v) is 8.51. The first-order valence-corrected chi connectivity index (χ1v) is 11.6. The lowest BCUT2D eigenvalue weighted by Crippen LogP contribution is -2.31. The van der Waals surface area contributed by atoms with E-state index in [9.17, 15) is 18.0 Å². The Labute approximate surface area is 182 Å². The molecular formula is C22H27NO7S. The van der Waals surface area contributed by atoms with E-state index in [2.05, 4.69) is 0 Å². The third-order valence-electron chi connectivity index (χ3n) is 4.47. The SMILES string of the molecule is CCOC(=O)CC(CN)C(C(=O)OCc1ccccc1)c1ccc(OS(C)(=O)=O)cc1. The van der Waals surface area contributed by atoms with Crippen LogP contribution >= 0.6 is 0 Å². The molecule has 0 radical (unpaired) electrons. The zero-order valence-corrected chi connectivity index (χ0v) is 18.3. The summed E-state index contributed by atoms with van der Waals surface area (Å²) in [5.41, 5.74) is 7.24. The highest BCUT2D eigenvalue weighted by Crippen LogP contribution is 2.30. The quantitative estimate of drug-likeness (QED) is 0.410. The van der Waals surface area contributed by atoms with Crippen LogP contribution in [0.5, 0.6) is 5.75 Å². The fourth-order valence-electron chi connectivity index (χ4n) is 3.10. The van der Waals surface area contributed by atoms with E-state index in [1.807, 2.05) is 30.3 Å². The number of hydrogen-bond donors (Lipinski definition) is 1. The van der Waals surface area contributed by atoms with Gasteiger partial charge in [-0.1, -0.05) is 42.5 Å². The van der Waals surface area contributed by atoms with Crippen LogP contribution in [0.25, 0.3) is 0 Å². The molecular weight excluding hydrogens is 422 g/mol. The molecule has 0 saturated heterocycles. The van der Waals surface area contributed by atoms with Crippen molar-refractivity contribution in [2.75, 3.05) is 19.4 Å². The van der Waals surface area contributed by atoms with E-state index in [0.29, 0.717) is 5.56 Å². The maximum Gasteiger partial charge on any atom is 0.314 e. The molecule has 0 aliphatic rings. The van der Waals surface area contributed by atoms with Crippen molar-refractivity contribution < 1.29 is 31.7 Å². The number of esters is 2. The van der Waals surface area contributed by atoms with Crippen LogP contribution in [0.4, 0.5) is 0 Å². The molecule has 8 nitrogen and oxygen atoms in total. The Hall–Kier alpha value is -2.91. The summed E-state index contributed by atoms with van der Waals surface area (Å²) in [6.45, 7) is 2.03. The predicted octanol–water partition coefficient (Wildman–Crippen LogP) is 2.38. The van der Waals surface area contributed by atoms with Gasteiger partial charge in [0.1, 0.15) is 12.4 Å². The van der Waals surface area contributed by atoms with Crippen LogP contribution in [0.3, 0.4) is 0 Å². The molecule has 0 aliphatic heterocycles. The summed E-state index contributed by atoms with van der Waals surface area (Å²) in [4.78, 5) is 25.1. The lowest BCUT2D eigenvalue weighted by molar-refractivity contribution is -0.150. The summed E-state index contributed by atoms with van der Waals surface area (Å²) in [6.07, 6.45) is 0.880. The van der Waals surface area contributed by atoms with Crippen molar-refractivity contribution in [3.8, 4) is 5.75 Å². The summed E-state index contributed by atoms with van der Waals surface area (Å²) in [5.74, 6) is -2.30. The first kappa shape index (κ1) is 24.4. The third kappa shape index (κ3) is 8.03. The highest BCUT2D eigenvalue weighted by molar-refractivity contribution is 7.86. The lowest BCUT2D eigenvalue weighted by atomic mass is 9.83. The number of carbonyl (C=O) groups is 2. The smallest absolute Gasteiger partial charge is 0.314 e. The first-order valence-electron chi connectivity index (χ1n) is 9.79. The normalized spacial score (nSPS) is 13.1. The van der Waals surface area contributed by atoms with Gasteiger partial charge in [-0.05, 0) is 42.6 Å². The van der Waals surface area contributed by atoms with Crippen LogP contribution in [-0.4, -0.2) is 39.8 Å². The minimum Gasteiger partial charge on any atom is -0.466 e. The number of benzene rings is 2. The first-order chi connectivity index (χ1) is 14.7. The number of nitrogens with two attached hydrogens (primary N) is 1. The molecule has 0 aliphatic carbocycles. The van der Waals surface area contributed by atoms with Crippen LogP contribution in [-0.2, 0) is 35.8 Å². The average Bonchev–Trinajstić information content (AvgIpc) is 2.72. The fraction of sp³-hybridized carbons (Fsp3) is 0.364. The van der Waals surface area contributed by atoms with Gasteiger partial charge in [-0.3, -0.25) is 9.59 Å². The summed E-state index contributed by atoms with van der Waals surface area (Å²) >= 11 is 0. The maximum absolute atomic E-state index is 13.0. The zero-order valence-electron chi connectivity index (χ0n) is 17.5. The van der Waals surface area contributed by atoms with Gasteiger partial charge in [-0.2, -0.15) is 8.42 Å². The molecule has 31 heavy (non-hydrogen) atoms. The van der Waals surface area contributed by atoms with Gasteiger partial charge in [0.25, 0.3) is 0 Å². The van der Waals surface area contributed by atoms with E-state index >= 15 is 0 Å². The molecule has 2 aromatic carbocycles. The van der Waals surface area contributed by atoms with Gasteiger partial charge < -0.3 is 19.4 Å². The molecule has 0 fully saturated rings. The molecule has 0 bridgehead atoms. The van der Waals surface area contributed by atoms with E-state index in [1.54, 1.807) is 19.1 Å². The molecule has 2 rings (SSSR count). The van der Waals surface area contributed by atoms with E-state index in [-0.39, 0.29) is 31.9 Å². The second-order valence-electron chi connectivity index (χ2n) is 6.93. The summed E-state index contributed by atoms with van der Waals surface area (Å²) in [5, 5.41) is 0. The molecule has 2 aromatic rings. The summed E-state index contributed by atoms with van der Waals surface area (Å²) in [6, 6.07) is 15.2. The van der Waals surface area contributed by atoms with Crippen LogP contribution in [0.2, 0.25) is 0 Å². The van der Waals surface area contributed by atoms with Crippen molar-refractivity contribution in [1.29, 1.82) is 0 Å². The van der Waals surface area contributed by atoms with Gasteiger partial charge in [0.15, 0.2) is 0 Å². The van der Waals surface area contributed by atoms with Crippen molar-refractivity contribution >= 4 is 22.1 Å².